The normalized spacial score (nSPS) is 13.3. The zero-order valence-corrected chi connectivity index (χ0v) is 9.50. The lowest BCUT2D eigenvalue weighted by atomic mass is 10.3. The van der Waals surface area contributed by atoms with Gasteiger partial charge in [-0.25, -0.2) is 9.52 Å². The first-order valence-corrected chi connectivity index (χ1v) is 6.01. The van der Waals surface area contributed by atoms with E-state index in [0.29, 0.717) is 6.42 Å². The average molecular weight is 240 g/mol. The molecule has 15 heavy (non-hydrogen) atoms. The zero-order valence-electron chi connectivity index (χ0n) is 8.69. The van der Waals surface area contributed by atoms with Crippen molar-refractivity contribution in [3.8, 4) is 0 Å². The molecule has 0 spiro atoms. The first-order chi connectivity index (χ1) is 6.95. The molecule has 0 aromatic carbocycles. The molecule has 0 rings (SSSR count). The molecule has 3 N–H and O–H groups in total. The van der Waals surface area contributed by atoms with Gasteiger partial charge in [0, 0.05) is 6.04 Å². The van der Waals surface area contributed by atoms with Crippen LogP contribution in [0.2, 0.25) is 0 Å². The summed E-state index contributed by atoms with van der Waals surface area (Å²) in [5, 5.41) is 8.76. The number of amides is 1. The summed E-state index contributed by atoms with van der Waals surface area (Å²) in [7, 11) is -3.96. The van der Waals surface area contributed by atoms with E-state index in [4.69, 9.17) is 5.11 Å². The van der Waals surface area contributed by atoms with Gasteiger partial charge in [-0.05, 0) is 13.3 Å². The van der Waals surface area contributed by atoms with Crippen LogP contribution in [0.15, 0.2) is 0 Å². The van der Waals surface area contributed by atoms with Crippen LogP contribution in [0.5, 0.6) is 0 Å². The summed E-state index contributed by atoms with van der Waals surface area (Å²) in [4.78, 5) is 10.8. The van der Waals surface area contributed by atoms with Crippen molar-refractivity contribution in [3.05, 3.63) is 0 Å². The zero-order chi connectivity index (χ0) is 11.9. The van der Waals surface area contributed by atoms with Gasteiger partial charge in [0.1, 0.15) is 0 Å². The predicted molar refractivity (Wildman–Crippen MR) is 53.4 cm³/mol. The fraction of sp³-hybridized carbons (Fsp3) is 0.857. The van der Waals surface area contributed by atoms with E-state index in [2.05, 4.69) is 9.46 Å². The van der Waals surface area contributed by atoms with E-state index in [-0.39, 0.29) is 13.2 Å². The number of aliphatic hydroxyl groups is 1. The van der Waals surface area contributed by atoms with Crippen molar-refractivity contribution in [2.75, 3.05) is 13.2 Å². The summed E-state index contributed by atoms with van der Waals surface area (Å²) in [5.74, 6) is 0. The quantitative estimate of drug-likeness (QED) is 0.571. The second-order valence-electron chi connectivity index (χ2n) is 2.73. The molecular formula is C7H16N2O5S. The molecule has 1 amide bonds. The van der Waals surface area contributed by atoms with Crippen molar-refractivity contribution < 1.29 is 23.1 Å². The van der Waals surface area contributed by atoms with Gasteiger partial charge in [-0.2, -0.15) is 13.1 Å². The van der Waals surface area contributed by atoms with Crippen molar-refractivity contribution in [1.82, 2.24) is 9.44 Å². The van der Waals surface area contributed by atoms with Crippen molar-refractivity contribution in [1.29, 1.82) is 0 Å². The first-order valence-electron chi connectivity index (χ1n) is 4.52. The molecule has 0 radical (unpaired) electrons. The molecule has 0 heterocycles. The molecule has 7 nitrogen and oxygen atoms in total. The average Bonchev–Trinajstić information content (AvgIpc) is 2.13. The number of aliphatic hydroxyl groups excluding tert-OH is 1. The second-order valence-corrected chi connectivity index (χ2v) is 4.18. The van der Waals surface area contributed by atoms with Crippen molar-refractivity contribution in [2.45, 2.75) is 26.3 Å². The number of hydrogen-bond donors (Lipinski definition) is 3. The van der Waals surface area contributed by atoms with Crippen LogP contribution in [-0.4, -0.2) is 38.9 Å². The van der Waals surface area contributed by atoms with E-state index < -0.39 is 22.3 Å². The van der Waals surface area contributed by atoms with E-state index in [1.807, 2.05) is 0 Å². The highest BCUT2D eigenvalue weighted by Crippen LogP contribution is 1.92. The minimum Gasteiger partial charge on any atom is -0.449 e. The fourth-order valence-corrected chi connectivity index (χ4v) is 1.79. The molecule has 0 bridgehead atoms. The van der Waals surface area contributed by atoms with Gasteiger partial charge in [-0.1, -0.05) is 6.92 Å². The smallest absolute Gasteiger partial charge is 0.421 e. The third-order valence-electron chi connectivity index (χ3n) is 1.53. The molecule has 0 fully saturated rings. The van der Waals surface area contributed by atoms with E-state index in [0.717, 1.165) is 0 Å². The predicted octanol–water partition coefficient (Wildman–Crippen LogP) is -0.662. The monoisotopic (exact) mass is 240 g/mol. The van der Waals surface area contributed by atoms with E-state index in [1.54, 1.807) is 18.6 Å². The maximum atomic E-state index is 11.2. The Balaban J connectivity index is 4.24. The minimum absolute atomic E-state index is 0.0819. The van der Waals surface area contributed by atoms with Crippen molar-refractivity contribution >= 4 is 16.3 Å². The number of ether oxygens (including phenoxy) is 1. The van der Waals surface area contributed by atoms with Crippen LogP contribution in [0, 0.1) is 0 Å². The Morgan fingerprint density at radius 3 is 2.47 bits per heavy atom. The molecular weight excluding hydrogens is 224 g/mol. The molecule has 0 saturated carbocycles. The molecule has 0 saturated heterocycles. The van der Waals surface area contributed by atoms with Crippen LogP contribution < -0.4 is 9.44 Å². The van der Waals surface area contributed by atoms with Crippen LogP contribution in [0.4, 0.5) is 4.79 Å². The number of nitrogens with one attached hydrogen (secondary N) is 2. The number of carbonyl (C=O) groups is 1. The van der Waals surface area contributed by atoms with Gasteiger partial charge < -0.3 is 9.84 Å². The molecule has 0 aliphatic carbocycles. The molecule has 0 aromatic heterocycles. The van der Waals surface area contributed by atoms with Gasteiger partial charge >= 0.3 is 16.3 Å². The van der Waals surface area contributed by atoms with Gasteiger partial charge in [-0.3, -0.25) is 0 Å². The van der Waals surface area contributed by atoms with E-state index in [1.165, 1.54) is 0 Å². The molecule has 90 valence electrons. The highest BCUT2D eigenvalue weighted by atomic mass is 32.2. The SMILES string of the molecule is CCOC(=O)NS(=O)(=O)NC(CC)CO. The molecule has 0 aliphatic rings. The molecule has 0 aliphatic heterocycles. The lowest BCUT2D eigenvalue weighted by Crippen LogP contribution is -2.46. The van der Waals surface area contributed by atoms with Crippen molar-refractivity contribution in [3.63, 3.8) is 0 Å². The lowest BCUT2D eigenvalue weighted by molar-refractivity contribution is 0.158. The van der Waals surface area contributed by atoms with Crippen LogP contribution in [-0.2, 0) is 14.9 Å². The Kier molecular flexibility index (Phi) is 6.21. The van der Waals surface area contributed by atoms with E-state index in [9.17, 15) is 13.2 Å². The first kappa shape index (κ1) is 14.1. The highest BCUT2D eigenvalue weighted by Gasteiger charge is 2.18. The van der Waals surface area contributed by atoms with Gasteiger partial charge in [-0.15, -0.1) is 0 Å². The topological polar surface area (TPSA) is 105 Å². The molecule has 1 unspecified atom stereocenters. The Morgan fingerprint density at radius 2 is 2.07 bits per heavy atom. The van der Waals surface area contributed by atoms with Crippen LogP contribution in [0.25, 0.3) is 0 Å². The van der Waals surface area contributed by atoms with Gasteiger partial charge in [0.05, 0.1) is 13.2 Å². The number of rotatable bonds is 6. The largest absolute Gasteiger partial charge is 0.449 e. The Labute approximate surface area is 89.0 Å². The summed E-state index contributed by atoms with van der Waals surface area (Å²) in [6, 6.07) is -0.614. The standard InChI is InChI=1S/C7H16N2O5S/c1-3-6(5-10)8-15(12,13)9-7(11)14-4-2/h6,8,10H,3-5H2,1-2H3,(H,9,11). The maximum Gasteiger partial charge on any atom is 0.421 e. The minimum atomic E-state index is -3.96. The third kappa shape index (κ3) is 6.26. The summed E-state index contributed by atoms with van der Waals surface area (Å²) < 4.78 is 30.6. The van der Waals surface area contributed by atoms with E-state index >= 15 is 0 Å². The second kappa shape index (κ2) is 6.59. The van der Waals surface area contributed by atoms with Gasteiger partial charge in [0.2, 0.25) is 0 Å². The van der Waals surface area contributed by atoms with Crippen LogP contribution in [0.3, 0.4) is 0 Å². The Hall–Kier alpha value is -0.860. The number of carbonyl (C=O) groups excluding carboxylic acids is 1. The lowest BCUT2D eigenvalue weighted by Gasteiger charge is -2.14. The molecule has 8 heteroatoms. The Morgan fingerprint density at radius 1 is 1.47 bits per heavy atom. The van der Waals surface area contributed by atoms with Gasteiger partial charge in [0.15, 0.2) is 0 Å². The van der Waals surface area contributed by atoms with Crippen LogP contribution in [0.1, 0.15) is 20.3 Å². The summed E-state index contributed by atoms with van der Waals surface area (Å²) in [6.07, 6.45) is -0.627. The molecule has 1 atom stereocenters. The highest BCUT2D eigenvalue weighted by molar-refractivity contribution is 7.88. The third-order valence-corrected chi connectivity index (χ3v) is 2.61. The maximum absolute atomic E-state index is 11.2. The van der Waals surface area contributed by atoms with Gasteiger partial charge in [0.25, 0.3) is 0 Å². The Bertz CT molecular complexity index is 286. The molecule has 0 aromatic rings. The van der Waals surface area contributed by atoms with Crippen molar-refractivity contribution in [2.24, 2.45) is 0 Å². The number of hydrogen-bond acceptors (Lipinski definition) is 5. The summed E-state index contributed by atoms with van der Waals surface area (Å²) in [5.41, 5.74) is 0. The summed E-state index contributed by atoms with van der Waals surface area (Å²) >= 11 is 0. The van der Waals surface area contributed by atoms with Crippen LogP contribution >= 0.6 is 0 Å². The summed E-state index contributed by atoms with van der Waals surface area (Å²) in [6.45, 7) is 3.01. The fourth-order valence-electron chi connectivity index (χ4n) is 0.769.